The number of carbonyl (C=O) groups excluding carboxylic acids is 1. The minimum atomic E-state index is -4.69. The Balaban J connectivity index is 1.61. The van der Waals surface area contributed by atoms with Crippen LogP contribution in [0.25, 0.3) is 0 Å². The van der Waals surface area contributed by atoms with Crippen LogP contribution in [0.4, 0.5) is 18.9 Å². The number of fused-ring (bicyclic) bond motifs is 1. The van der Waals surface area contributed by atoms with Crippen LogP contribution >= 0.6 is 23.5 Å². The molecule has 0 unspecified atom stereocenters. The van der Waals surface area contributed by atoms with E-state index in [4.69, 9.17) is 0 Å². The van der Waals surface area contributed by atoms with E-state index in [0.717, 1.165) is 46.5 Å². The van der Waals surface area contributed by atoms with Crippen LogP contribution in [0, 0.1) is 10.1 Å². The number of halogens is 3. The molecule has 10 heteroatoms. The SMILES string of the molecule is O=C(N[C@H]1CCSc2ccccc21)c1ccccc1Sc1ccc(C(F)(F)F)cc1[N+](=O)[O-]. The van der Waals surface area contributed by atoms with Crippen LogP contribution < -0.4 is 5.32 Å². The number of rotatable bonds is 5. The Morgan fingerprint density at radius 3 is 2.55 bits per heavy atom. The topological polar surface area (TPSA) is 72.2 Å². The van der Waals surface area contributed by atoms with Crippen molar-refractivity contribution in [1.29, 1.82) is 0 Å². The van der Waals surface area contributed by atoms with Crippen LogP contribution in [0.3, 0.4) is 0 Å². The van der Waals surface area contributed by atoms with Gasteiger partial charge in [0.1, 0.15) is 0 Å². The van der Waals surface area contributed by atoms with Gasteiger partial charge in [0.15, 0.2) is 0 Å². The predicted molar refractivity (Wildman–Crippen MR) is 121 cm³/mol. The summed E-state index contributed by atoms with van der Waals surface area (Å²) < 4.78 is 39.0. The molecule has 0 aliphatic carbocycles. The molecule has 3 aromatic rings. The molecule has 0 radical (unpaired) electrons. The fraction of sp³-hybridized carbons (Fsp3) is 0.174. The van der Waals surface area contributed by atoms with Gasteiger partial charge in [-0.2, -0.15) is 13.2 Å². The van der Waals surface area contributed by atoms with E-state index in [1.165, 1.54) is 0 Å². The lowest BCUT2D eigenvalue weighted by molar-refractivity contribution is -0.388. The first-order valence-corrected chi connectivity index (χ1v) is 11.7. The van der Waals surface area contributed by atoms with Crippen molar-refractivity contribution < 1.29 is 22.9 Å². The number of carbonyl (C=O) groups is 1. The van der Waals surface area contributed by atoms with Crippen molar-refractivity contribution in [3.8, 4) is 0 Å². The highest BCUT2D eigenvalue weighted by Crippen LogP contribution is 2.41. The highest BCUT2D eigenvalue weighted by atomic mass is 32.2. The summed E-state index contributed by atoms with van der Waals surface area (Å²) in [6.07, 6.45) is -3.94. The van der Waals surface area contributed by atoms with Crippen molar-refractivity contribution in [1.82, 2.24) is 5.32 Å². The molecule has 5 nitrogen and oxygen atoms in total. The van der Waals surface area contributed by atoms with Crippen LogP contribution in [0.5, 0.6) is 0 Å². The monoisotopic (exact) mass is 490 g/mol. The Labute approximate surface area is 195 Å². The van der Waals surface area contributed by atoms with Crippen molar-refractivity contribution in [3.63, 3.8) is 0 Å². The summed E-state index contributed by atoms with van der Waals surface area (Å²) in [6.45, 7) is 0. The molecular formula is C23H17F3N2O3S2. The van der Waals surface area contributed by atoms with Gasteiger partial charge in [-0.1, -0.05) is 42.1 Å². The summed E-state index contributed by atoms with van der Waals surface area (Å²) in [5.74, 6) is 0.509. The molecule has 1 aliphatic rings. The number of alkyl halides is 3. The van der Waals surface area contributed by atoms with Crippen LogP contribution in [-0.2, 0) is 6.18 Å². The van der Waals surface area contributed by atoms with Gasteiger partial charge in [0.25, 0.3) is 11.6 Å². The zero-order chi connectivity index (χ0) is 23.6. The van der Waals surface area contributed by atoms with Crippen LogP contribution in [-0.4, -0.2) is 16.6 Å². The quantitative estimate of drug-likeness (QED) is 0.317. The Hall–Kier alpha value is -2.98. The van der Waals surface area contributed by atoms with Crippen LogP contribution in [0.2, 0.25) is 0 Å². The molecule has 1 aliphatic heterocycles. The maximum Gasteiger partial charge on any atom is 0.416 e. The van der Waals surface area contributed by atoms with E-state index in [2.05, 4.69) is 5.32 Å². The van der Waals surface area contributed by atoms with Gasteiger partial charge in [-0.3, -0.25) is 14.9 Å². The third-order valence-corrected chi connectivity index (χ3v) is 7.36. The van der Waals surface area contributed by atoms with E-state index in [1.54, 1.807) is 36.0 Å². The Morgan fingerprint density at radius 2 is 1.79 bits per heavy atom. The van der Waals surface area contributed by atoms with E-state index in [-0.39, 0.29) is 16.8 Å². The molecule has 0 aromatic heterocycles. The van der Waals surface area contributed by atoms with Gasteiger partial charge in [-0.25, -0.2) is 0 Å². The number of nitrogens with zero attached hydrogens (tertiary/aromatic N) is 1. The molecule has 1 atom stereocenters. The average molecular weight is 491 g/mol. The van der Waals surface area contributed by atoms with Gasteiger partial charge in [-0.15, -0.1) is 11.8 Å². The van der Waals surface area contributed by atoms with Crippen molar-refractivity contribution in [2.75, 3.05) is 5.75 Å². The van der Waals surface area contributed by atoms with Crippen molar-refractivity contribution >= 4 is 35.1 Å². The Kier molecular flexibility index (Phi) is 6.66. The number of amides is 1. The largest absolute Gasteiger partial charge is 0.416 e. The lowest BCUT2D eigenvalue weighted by Gasteiger charge is -2.26. The maximum absolute atomic E-state index is 13.1. The first kappa shape index (κ1) is 23.2. The Bertz CT molecular complexity index is 1220. The minimum absolute atomic E-state index is 0.0210. The molecule has 1 heterocycles. The molecule has 4 rings (SSSR count). The van der Waals surface area contributed by atoms with Crippen molar-refractivity contribution in [2.24, 2.45) is 0 Å². The summed E-state index contributed by atoms with van der Waals surface area (Å²) >= 11 is 2.62. The van der Waals surface area contributed by atoms with Crippen LogP contribution in [0.1, 0.15) is 33.9 Å². The number of benzene rings is 3. The first-order valence-electron chi connectivity index (χ1n) is 9.89. The van der Waals surface area contributed by atoms with E-state index in [1.807, 2.05) is 24.3 Å². The third-order valence-electron chi connectivity index (χ3n) is 5.10. The van der Waals surface area contributed by atoms with Gasteiger partial charge in [0.05, 0.1) is 27.0 Å². The molecule has 1 N–H and O–H groups in total. The molecule has 0 saturated carbocycles. The molecule has 33 heavy (non-hydrogen) atoms. The van der Waals surface area contributed by atoms with Gasteiger partial charge in [0.2, 0.25) is 0 Å². The summed E-state index contributed by atoms with van der Waals surface area (Å²) in [5.41, 5.74) is -0.431. The number of hydrogen-bond acceptors (Lipinski definition) is 5. The van der Waals surface area contributed by atoms with Gasteiger partial charge in [-0.05, 0) is 42.3 Å². The van der Waals surface area contributed by atoms with Crippen molar-refractivity contribution in [3.05, 3.63) is 93.5 Å². The highest BCUT2D eigenvalue weighted by Gasteiger charge is 2.33. The molecule has 0 bridgehead atoms. The second-order valence-corrected chi connectivity index (χ2v) is 9.46. The smallest absolute Gasteiger partial charge is 0.345 e. The molecule has 0 fully saturated rings. The number of nitrogens with one attached hydrogen (secondary N) is 1. The van der Waals surface area contributed by atoms with E-state index in [9.17, 15) is 28.1 Å². The molecule has 1 amide bonds. The predicted octanol–water partition coefficient (Wildman–Crippen LogP) is 6.73. The molecular weight excluding hydrogens is 473 g/mol. The molecule has 0 spiro atoms. The number of thioether (sulfide) groups is 1. The minimum Gasteiger partial charge on any atom is -0.345 e. The summed E-state index contributed by atoms with van der Waals surface area (Å²) in [7, 11) is 0. The third kappa shape index (κ3) is 5.17. The standard InChI is InChI=1S/C23H17F3N2O3S2/c24-23(25,26)14-9-10-21(18(13-14)28(30)31)33-20-8-4-2-6-16(20)22(29)27-17-11-12-32-19-7-3-1-5-15(17)19/h1-10,13,17H,11-12H2,(H,27,29)/t17-/m0/s1. The van der Waals surface area contributed by atoms with E-state index >= 15 is 0 Å². The highest BCUT2D eigenvalue weighted by molar-refractivity contribution is 7.99. The van der Waals surface area contributed by atoms with E-state index in [0.29, 0.717) is 16.5 Å². The fourth-order valence-electron chi connectivity index (χ4n) is 3.51. The first-order chi connectivity index (χ1) is 15.7. The second kappa shape index (κ2) is 9.48. The molecule has 0 saturated heterocycles. The van der Waals surface area contributed by atoms with Crippen molar-refractivity contribution in [2.45, 2.75) is 33.3 Å². The second-order valence-electron chi connectivity index (χ2n) is 7.24. The summed E-state index contributed by atoms with van der Waals surface area (Å²) in [6, 6.07) is 16.6. The molecule has 170 valence electrons. The summed E-state index contributed by atoms with van der Waals surface area (Å²) in [5, 5.41) is 14.5. The van der Waals surface area contributed by atoms with Gasteiger partial charge < -0.3 is 5.32 Å². The maximum atomic E-state index is 13.1. The fourth-order valence-corrected chi connectivity index (χ4v) is 5.67. The zero-order valence-corrected chi connectivity index (χ0v) is 18.6. The van der Waals surface area contributed by atoms with Gasteiger partial charge >= 0.3 is 6.18 Å². The van der Waals surface area contributed by atoms with E-state index < -0.39 is 22.4 Å². The lowest BCUT2D eigenvalue weighted by Crippen LogP contribution is -2.30. The molecule has 3 aromatic carbocycles. The zero-order valence-electron chi connectivity index (χ0n) is 17.0. The van der Waals surface area contributed by atoms with Gasteiger partial charge in [0, 0.05) is 21.6 Å². The lowest BCUT2D eigenvalue weighted by atomic mass is 10.0. The number of hydrogen-bond donors (Lipinski definition) is 1. The number of nitro groups is 1. The average Bonchev–Trinajstić information content (AvgIpc) is 2.79. The normalized spacial score (nSPS) is 15.5. The summed E-state index contributed by atoms with van der Waals surface area (Å²) in [4.78, 5) is 25.2. The number of nitro benzene ring substituents is 1. The Morgan fingerprint density at radius 1 is 1.06 bits per heavy atom. The van der Waals surface area contributed by atoms with Crippen LogP contribution in [0.15, 0.2) is 81.4 Å².